The van der Waals surface area contributed by atoms with Gasteiger partial charge in [0.25, 0.3) is 0 Å². The second-order valence-electron chi connectivity index (χ2n) is 9.55. The van der Waals surface area contributed by atoms with Gasteiger partial charge in [-0.05, 0) is 43.7 Å². The van der Waals surface area contributed by atoms with Crippen LogP contribution in [0, 0.1) is 17.8 Å². The highest BCUT2D eigenvalue weighted by molar-refractivity contribution is 6.06. The highest BCUT2D eigenvalue weighted by atomic mass is 16.3. The Morgan fingerprint density at radius 2 is 1.63 bits per heavy atom. The summed E-state index contributed by atoms with van der Waals surface area (Å²) in [5.74, 6) is -3.15. The van der Waals surface area contributed by atoms with Crippen molar-refractivity contribution < 1.29 is 20.2 Å². The number of benzene rings is 1. The van der Waals surface area contributed by atoms with Gasteiger partial charge in [0.1, 0.15) is 0 Å². The summed E-state index contributed by atoms with van der Waals surface area (Å²) in [5.41, 5.74) is -0.529. The van der Waals surface area contributed by atoms with E-state index in [-0.39, 0.29) is 18.0 Å². The lowest BCUT2D eigenvalue weighted by Gasteiger charge is -2.39. The minimum atomic E-state index is -1.71. The zero-order valence-electron chi connectivity index (χ0n) is 21.8. The van der Waals surface area contributed by atoms with Crippen LogP contribution < -0.4 is 0 Å². The van der Waals surface area contributed by atoms with Crippen LogP contribution in [0.2, 0.25) is 0 Å². The molecule has 5 atom stereocenters. The molecule has 1 N–H and O–H groups in total. The van der Waals surface area contributed by atoms with Crippen molar-refractivity contribution in [1.29, 1.82) is 0 Å². The first-order valence-corrected chi connectivity index (χ1v) is 11.0. The van der Waals surface area contributed by atoms with Gasteiger partial charge in [-0.15, -0.1) is 0 Å². The maximum absolute atomic E-state index is 13.3. The van der Waals surface area contributed by atoms with Gasteiger partial charge in [-0.3, -0.25) is 19.4 Å². The molecule has 2 saturated heterocycles. The van der Waals surface area contributed by atoms with E-state index in [0.717, 1.165) is 37.0 Å². The number of likely N-dealkylation sites (tertiary alicyclic amines) is 1. The smallest absolute Gasteiger partial charge is 0.234 e. The van der Waals surface area contributed by atoms with Crippen LogP contribution in [-0.4, -0.2) is 45.4 Å². The van der Waals surface area contributed by atoms with Gasteiger partial charge in [0.05, 0.1) is 22.9 Å². The zero-order valence-corrected chi connectivity index (χ0v) is 17.8. The normalized spacial score (nSPS) is 40.3. The molecule has 1 saturated carbocycles. The molecular formula is C25H32N2O3. The molecule has 0 radical (unpaired) electrons. The summed E-state index contributed by atoms with van der Waals surface area (Å²) in [6.45, 7) is 2.91. The number of fused-ring (bicyclic) bond motifs is 8. The fraction of sp³-hybridized carbons (Fsp3) is 0.600. The second kappa shape index (κ2) is 7.03. The molecule has 5 nitrogen and oxygen atoms in total. The number of hydrogen-bond donors (Lipinski definition) is 1. The van der Waals surface area contributed by atoms with Crippen molar-refractivity contribution in [2.45, 2.75) is 69.6 Å². The number of imide groups is 1. The topological polar surface area (TPSA) is 60.9 Å². The number of nitrogens with zero attached hydrogens (tertiary/aromatic N) is 2. The van der Waals surface area contributed by atoms with Crippen LogP contribution in [0.3, 0.4) is 0 Å². The van der Waals surface area contributed by atoms with Crippen LogP contribution in [0.4, 0.5) is 0 Å². The van der Waals surface area contributed by atoms with Gasteiger partial charge in [0.2, 0.25) is 11.8 Å². The molecule has 0 aromatic heterocycles. The van der Waals surface area contributed by atoms with Crippen molar-refractivity contribution >= 4 is 11.8 Å². The third-order valence-corrected chi connectivity index (χ3v) is 7.01. The fourth-order valence-electron chi connectivity index (χ4n) is 5.71. The van der Waals surface area contributed by atoms with Crippen molar-refractivity contribution in [1.82, 2.24) is 9.80 Å². The van der Waals surface area contributed by atoms with E-state index < -0.39 is 47.3 Å². The Labute approximate surface area is 184 Å². The highest BCUT2D eigenvalue weighted by Crippen LogP contribution is 2.63. The monoisotopic (exact) mass is 412 g/mol. The highest BCUT2D eigenvalue weighted by Gasteiger charge is 2.67. The zero-order chi connectivity index (χ0) is 24.8. The number of aliphatic hydroxyl groups is 1. The maximum atomic E-state index is 13.3. The standard InChI is InChI=1S/C25H32N2O3/c1-25(2,30)14-13-18(15-9-5-4-6-10-15)27-21-16-11-7-8-12-17(16)22(27)20-19(21)23(28)26(3)24(20)29/h7-8,11-15,18-22,30H,4-6,9-10H2,1-3H3/b14-13+/t18?,19-,20+,21?,22?/i13D,14D,21D,22D. The van der Waals surface area contributed by atoms with E-state index in [1.165, 1.54) is 20.9 Å². The Kier molecular flexibility index (Phi) is 3.69. The van der Waals surface area contributed by atoms with E-state index in [1.54, 1.807) is 29.2 Å². The summed E-state index contributed by atoms with van der Waals surface area (Å²) < 4.78 is 37.3. The fourth-order valence-corrected chi connectivity index (χ4v) is 5.71. The predicted molar refractivity (Wildman–Crippen MR) is 114 cm³/mol. The average molecular weight is 413 g/mol. The lowest BCUT2D eigenvalue weighted by molar-refractivity contribution is -0.140. The SMILES string of the molecule is [2H]/C(=C(/[2H])C(C)(C)O)C(C1CCCCC1)N1C2([2H])c3ccccc3C1([2H])[C@H]1C(=O)N(C)C(=O)[C@H]12. The first-order chi connectivity index (χ1) is 15.9. The van der Waals surface area contributed by atoms with Gasteiger partial charge in [-0.1, -0.05) is 55.6 Å². The molecule has 5 rings (SSSR count). The molecule has 3 aliphatic heterocycles. The summed E-state index contributed by atoms with van der Waals surface area (Å²) >= 11 is 0. The van der Waals surface area contributed by atoms with E-state index in [0.29, 0.717) is 11.1 Å². The average Bonchev–Trinajstić information content (AvgIpc) is 3.26. The minimum absolute atomic E-state index is 0.116. The Morgan fingerprint density at radius 1 is 1.10 bits per heavy atom. The number of carbonyl (C=O) groups is 2. The van der Waals surface area contributed by atoms with E-state index in [9.17, 15) is 17.4 Å². The number of amides is 2. The first-order valence-electron chi connectivity index (χ1n) is 13.0. The van der Waals surface area contributed by atoms with Crippen LogP contribution in [0.5, 0.6) is 0 Å². The minimum Gasteiger partial charge on any atom is -0.386 e. The number of carbonyl (C=O) groups excluding carboxylic acids is 2. The molecule has 160 valence electrons. The van der Waals surface area contributed by atoms with Gasteiger partial charge in [0, 0.05) is 25.1 Å². The van der Waals surface area contributed by atoms with Crippen LogP contribution in [0.15, 0.2) is 36.4 Å². The van der Waals surface area contributed by atoms with Gasteiger partial charge >= 0.3 is 0 Å². The van der Waals surface area contributed by atoms with Gasteiger partial charge in [-0.25, -0.2) is 0 Å². The first kappa shape index (κ1) is 15.8. The molecule has 1 aromatic carbocycles. The Morgan fingerprint density at radius 3 is 2.13 bits per heavy atom. The molecule has 5 heteroatoms. The summed E-state index contributed by atoms with van der Waals surface area (Å²) in [4.78, 5) is 29.2. The van der Waals surface area contributed by atoms with Crippen molar-refractivity contribution in [2.24, 2.45) is 17.8 Å². The summed E-state index contributed by atoms with van der Waals surface area (Å²) in [6, 6.07) is 2.40. The molecule has 30 heavy (non-hydrogen) atoms. The largest absolute Gasteiger partial charge is 0.386 e. The van der Waals surface area contributed by atoms with Crippen molar-refractivity contribution in [3.8, 4) is 0 Å². The van der Waals surface area contributed by atoms with Crippen molar-refractivity contribution in [2.75, 3.05) is 7.05 Å². The summed E-state index contributed by atoms with van der Waals surface area (Å²) in [6.07, 6.45) is 4.47. The quantitative estimate of drug-likeness (QED) is 0.606. The van der Waals surface area contributed by atoms with E-state index >= 15 is 0 Å². The lowest BCUT2D eigenvalue weighted by atomic mass is 9.77. The molecule has 0 spiro atoms. The van der Waals surface area contributed by atoms with Crippen LogP contribution in [-0.2, 0) is 9.59 Å². The van der Waals surface area contributed by atoms with Gasteiger partial charge in [0.15, 0.2) is 0 Å². The third-order valence-electron chi connectivity index (χ3n) is 7.01. The molecule has 2 bridgehead atoms. The molecule has 1 aliphatic carbocycles. The van der Waals surface area contributed by atoms with Gasteiger partial charge < -0.3 is 5.11 Å². The molecule has 3 fully saturated rings. The second-order valence-corrected chi connectivity index (χ2v) is 9.55. The Balaban J connectivity index is 1.78. The molecule has 3 heterocycles. The van der Waals surface area contributed by atoms with Crippen LogP contribution >= 0.6 is 0 Å². The van der Waals surface area contributed by atoms with E-state index in [2.05, 4.69) is 0 Å². The molecule has 2 amide bonds. The van der Waals surface area contributed by atoms with Crippen LogP contribution in [0.1, 0.15) is 74.6 Å². The molecule has 1 aromatic rings. The maximum Gasteiger partial charge on any atom is 0.234 e. The third kappa shape index (κ3) is 2.89. The van der Waals surface area contributed by atoms with E-state index in [4.69, 9.17) is 2.74 Å². The predicted octanol–water partition coefficient (Wildman–Crippen LogP) is 3.61. The molecule has 4 aliphatic rings. The summed E-state index contributed by atoms with van der Waals surface area (Å²) in [5, 5.41) is 10.6. The lowest BCUT2D eigenvalue weighted by Crippen LogP contribution is -2.42. The van der Waals surface area contributed by atoms with Crippen LogP contribution in [0.25, 0.3) is 0 Å². The van der Waals surface area contributed by atoms with Crippen molar-refractivity contribution in [3.63, 3.8) is 0 Å². The Bertz CT molecular complexity index is 1040. The van der Waals surface area contributed by atoms with Gasteiger partial charge in [-0.2, -0.15) is 0 Å². The van der Waals surface area contributed by atoms with E-state index in [1.807, 2.05) is 0 Å². The summed E-state index contributed by atoms with van der Waals surface area (Å²) in [7, 11) is 1.41. The molecule has 3 unspecified atom stereocenters. The Hall–Kier alpha value is -1.98. The molecular weight excluding hydrogens is 376 g/mol. The number of rotatable bonds is 4. The number of hydrogen-bond acceptors (Lipinski definition) is 4. The van der Waals surface area contributed by atoms with Crippen molar-refractivity contribution in [3.05, 3.63) is 47.5 Å².